The largest absolute Gasteiger partial charge is 0.491 e. The van der Waals surface area contributed by atoms with E-state index in [1.165, 1.54) is 12.8 Å². The summed E-state index contributed by atoms with van der Waals surface area (Å²) < 4.78 is 5.89. The fraction of sp³-hybridized carbons (Fsp3) is 0.600. The summed E-state index contributed by atoms with van der Waals surface area (Å²) in [6.45, 7) is 6.82. The molecular weight excluding hydrogens is 248 g/mol. The third kappa shape index (κ3) is 2.99. The molecule has 1 saturated carbocycles. The summed E-state index contributed by atoms with van der Waals surface area (Å²) in [7, 11) is 0. The minimum atomic E-state index is -0.339. The Bertz CT molecular complexity index is 436. The standard InChI is InChI=1S/C15H21ClO2/c1-10-6-12(15(2,3)9-17)14(13(16)7-10)18-8-11-4-5-11/h6-7,11,17H,4-5,8-9H2,1-3H3. The van der Waals surface area contributed by atoms with Crippen molar-refractivity contribution in [3.8, 4) is 5.75 Å². The van der Waals surface area contributed by atoms with Gasteiger partial charge < -0.3 is 9.84 Å². The second-order valence-electron chi connectivity index (χ2n) is 5.92. The van der Waals surface area contributed by atoms with E-state index in [1.807, 2.05) is 26.8 Å². The van der Waals surface area contributed by atoms with Crippen molar-refractivity contribution >= 4 is 11.6 Å². The monoisotopic (exact) mass is 268 g/mol. The van der Waals surface area contributed by atoms with Crippen LogP contribution in [-0.4, -0.2) is 18.3 Å². The topological polar surface area (TPSA) is 29.5 Å². The highest BCUT2D eigenvalue weighted by atomic mass is 35.5. The van der Waals surface area contributed by atoms with Gasteiger partial charge >= 0.3 is 0 Å². The Hall–Kier alpha value is -0.730. The third-order valence-corrected chi connectivity index (χ3v) is 3.75. The maximum Gasteiger partial charge on any atom is 0.141 e. The van der Waals surface area contributed by atoms with Crippen LogP contribution in [0.1, 0.15) is 37.8 Å². The van der Waals surface area contributed by atoms with Crippen LogP contribution in [0.25, 0.3) is 0 Å². The van der Waals surface area contributed by atoms with E-state index in [0.717, 1.165) is 23.5 Å². The van der Waals surface area contributed by atoms with Crippen LogP contribution in [0, 0.1) is 12.8 Å². The molecule has 0 aliphatic heterocycles. The van der Waals surface area contributed by atoms with Crippen LogP contribution in [-0.2, 0) is 5.41 Å². The van der Waals surface area contributed by atoms with Crippen LogP contribution in [0.5, 0.6) is 5.75 Å². The van der Waals surface area contributed by atoms with Crippen molar-refractivity contribution in [2.45, 2.75) is 39.0 Å². The van der Waals surface area contributed by atoms with Gasteiger partial charge in [0.05, 0.1) is 18.2 Å². The second-order valence-corrected chi connectivity index (χ2v) is 6.33. The van der Waals surface area contributed by atoms with Crippen molar-refractivity contribution in [2.75, 3.05) is 13.2 Å². The first-order valence-corrected chi connectivity index (χ1v) is 6.86. The van der Waals surface area contributed by atoms with Crippen LogP contribution in [0.2, 0.25) is 5.02 Å². The maximum atomic E-state index is 9.54. The van der Waals surface area contributed by atoms with Gasteiger partial charge in [-0.05, 0) is 37.3 Å². The molecule has 3 heteroatoms. The summed E-state index contributed by atoms with van der Waals surface area (Å²) in [5.41, 5.74) is 1.75. The Labute approximate surface area is 114 Å². The lowest BCUT2D eigenvalue weighted by atomic mass is 9.84. The van der Waals surface area contributed by atoms with Crippen LogP contribution < -0.4 is 4.74 Å². The number of hydrogen-bond donors (Lipinski definition) is 1. The van der Waals surface area contributed by atoms with Gasteiger partial charge in [-0.15, -0.1) is 0 Å². The highest BCUT2D eigenvalue weighted by Crippen LogP contribution is 2.39. The Morgan fingerprint density at radius 3 is 2.61 bits per heavy atom. The molecule has 1 aliphatic rings. The number of halogens is 1. The highest BCUT2D eigenvalue weighted by molar-refractivity contribution is 6.32. The van der Waals surface area contributed by atoms with E-state index >= 15 is 0 Å². The van der Waals surface area contributed by atoms with Crippen LogP contribution >= 0.6 is 11.6 Å². The fourth-order valence-corrected chi connectivity index (χ4v) is 2.28. The molecule has 2 rings (SSSR count). The van der Waals surface area contributed by atoms with Gasteiger partial charge in [-0.1, -0.05) is 31.5 Å². The maximum absolute atomic E-state index is 9.54. The van der Waals surface area contributed by atoms with Crippen molar-refractivity contribution in [1.82, 2.24) is 0 Å². The number of ether oxygens (including phenoxy) is 1. The molecule has 1 fully saturated rings. The van der Waals surface area contributed by atoms with Crippen LogP contribution in [0.15, 0.2) is 12.1 Å². The molecule has 0 radical (unpaired) electrons. The molecule has 0 heterocycles. The molecule has 0 spiro atoms. The summed E-state index contributed by atoms with van der Waals surface area (Å²) >= 11 is 6.29. The van der Waals surface area contributed by atoms with Gasteiger partial charge in [-0.25, -0.2) is 0 Å². The molecule has 1 aliphatic carbocycles. The normalized spacial score (nSPS) is 15.8. The number of rotatable bonds is 5. The number of aryl methyl sites for hydroxylation is 1. The quantitative estimate of drug-likeness (QED) is 0.882. The first kappa shape index (κ1) is 13.7. The molecule has 0 unspecified atom stereocenters. The molecule has 18 heavy (non-hydrogen) atoms. The van der Waals surface area contributed by atoms with Crippen molar-refractivity contribution in [3.63, 3.8) is 0 Å². The smallest absolute Gasteiger partial charge is 0.141 e. The second kappa shape index (κ2) is 5.10. The first-order valence-electron chi connectivity index (χ1n) is 6.48. The summed E-state index contributed by atoms with van der Waals surface area (Å²) in [5, 5.41) is 10.2. The zero-order chi connectivity index (χ0) is 13.3. The van der Waals surface area contributed by atoms with Gasteiger partial charge in [0.15, 0.2) is 0 Å². The Morgan fingerprint density at radius 1 is 1.39 bits per heavy atom. The Morgan fingerprint density at radius 2 is 2.06 bits per heavy atom. The summed E-state index contributed by atoms with van der Waals surface area (Å²) in [6, 6.07) is 3.98. The van der Waals surface area contributed by atoms with Crippen molar-refractivity contribution < 1.29 is 9.84 Å². The minimum absolute atomic E-state index is 0.0760. The lowest BCUT2D eigenvalue weighted by Crippen LogP contribution is -2.23. The SMILES string of the molecule is Cc1cc(Cl)c(OCC2CC2)c(C(C)(C)CO)c1. The molecule has 100 valence electrons. The lowest BCUT2D eigenvalue weighted by Gasteiger charge is -2.26. The van der Waals surface area contributed by atoms with Gasteiger partial charge in [0, 0.05) is 11.0 Å². The summed E-state index contributed by atoms with van der Waals surface area (Å²) in [4.78, 5) is 0. The van der Waals surface area contributed by atoms with E-state index in [0.29, 0.717) is 10.9 Å². The van der Waals surface area contributed by atoms with Gasteiger partial charge in [-0.3, -0.25) is 0 Å². The zero-order valence-corrected chi connectivity index (χ0v) is 12.0. The van der Waals surface area contributed by atoms with E-state index in [1.54, 1.807) is 0 Å². The molecular formula is C15H21ClO2. The number of aliphatic hydroxyl groups is 1. The average Bonchev–Trinajstić information content (AvgIpc) is 3.11. The molecule has 1 aromatic rings. The van der Waals surface area contributed by atoms with Crippen molar-refractivity contribution in [1.29, 1.82) is 0 Å². The van der Waals surface area contributed by atoms with Gasteiger partial charge in [0.25, 0.3) is 0 Å². The van der Waals surface area contributed by atoms with E-state index in [-0.39, 0.29) is 12.0 Å². The molecule has 1 N–H and O–H groups in total. The number of benzene rings is 1. The predicted molar refractivity (Wildman–Crippen MR) is 74.5 cm³/mol. The number of aliphatic hydroxyl groups excluding tert-OH is 1. The first-order chi connectivity index (χ1) is 8.44. The average molecular weight is 269 g/mol. The van der Waals surface area contributed by atoms with Crippen LogP contribution in [0.3, 0.4) is 0 Å². The summed E-state index contributed by atoms with van der Waals surface area (Å²) in [5.74, 6) is 1.43. The molecule has 0 bridgehead atoms. The fourth-order valence-electron chi connectivity index (χ4n) is 1.95. The Balaban J connectivity index is 2.34. The van der Waals surface area contributed by atoms with Crippen LogP contribution in [0.4, 0.5) is 0 Å². The molecule has 0 amide bonds. The predicted octanol–water partition coefficient (Wildman–Crippen LogP) is 3.71. The summed E-state index contributed by atoms with van der Waals surface area (Å²) in [6.07, 6.45) is 2.50. The zero-order valence-electron chi connectivity index (χ0n) is 11.3. The van der Waals surface area contributed by atoms with E-state index < -0.39 is 0 Å². The third-order valence-electron chi connectivity index (χ3n) is 3.47. The van der Waals surface area contributed by atoms with E-state index in [4.69, 9.17) is 16.3 Å². The minimum Gasteiger partial charge on any atom is -0.491 e. The molecule has 1 aromatic carbocycles. The van der Waals surface area contributed by atoms with E-state index in [2.05, 4.69) is 6.07 Å². The molecule has 2 nitrogen and oxygen atoms in total. The molecule has 0 aromatic heterocycles. The highest BCUT2D eigenvalue weighted by Gasteiger charge is 2.28. The van der Waals surface area contributed by atoms with Gasteiger partial charge in [-0.2, -0.15) is 0 Å². The molecule has 0 atom stereocenters. The van der Waals surface area contributed by atoms with Crippen molar-refractivity contribution in [3.05, 3.63) is 28.3 Å². The van der Waals surface area contributed by atoms with E-state index in [9.17, 15) is 5.11 Å². The van der Waals surface area contributed by atoms with Gasteiger partial charge in [0.1, 0.15) is 5.75 Å². The van der Waals surface area contributed by atoms with Gasteiger partial charge in [0.2, 0.25) is 0 Å². The lowest BCUT2D eigenvalue weighted by molar-refractivity contribution is 0.211. The van der Waals surface area contributed by atoms with Crippen molar-refractivity contribution in [2.24, 2.45) is 5.92 Å². The Kier molecular flexibility index (Phi) is 3.88. The number of hydrogen-bond acceptors (Lipinski definition) is 2. The molecule has 0 saturated heterocycles.